The lowest BCUT2D eigenvalue weighted by molar-refractivity contribution is 0.645. The van der Waals surface area contributed by atoms with Crippen LogP contribution in [0.5, 0.6) is 0 Å². The van der Waals surface area contributed by atoms with Gasteiger partial charge in [0.25, 0.3) is 0 Å². The fourth-order valence-electron chi connectivity index (χ4n) is 6.73. The lowest BCUT2D eigenvalue weighted by Gasteiger charge is -2.35. The number of fused-ring (bicyclic) bond motifs is 6. The molecule has 0 radical (unpaired) electrons. The van der Waals surface area contributed by atoms with Gasteiger partial charge in [0.05, 0.1) is 0 Å². The first-order valence-corrected chi connectivity index (χ1v) is 13.1. The molecule has 1 aliphatic rings. The topological polar surface area (TPSA) is 0 Å². The van der Waals surface area contributed by atoms with E-state index in [1.54, 1.807) is 0 Å². The van der Waals surface area contributed by atoms with Crippen LogP contribution >= 0.6 is 0 Å². The Morgan fingerprint density at radius 1 is 0.405 bits per heavy atom. The molecule has 7 aromatic carbocycles. The van der Waals surface area contributed by atoms with Crippen molar-refractivity contribution in [3.8, 4) is 22.3 Å². The second-order valence-electron chi connectivity index (χ2n) is 11.0. The monoisotopic (exact) mass is 470 g/mol. The number of rotatable bonds is 1. The van der Waals surface area contributed by atoms with Gasteiger partial charge in [-0.05, 0) is 94.7 Å². The van der Waals surface area contributed by atoms with E-state index in [2.05, 4.69) is 135 Å². The molecule has 0 saturated heterocycles. The van der Waals surface area contributed by atoms with Crippen LogP contribution in [0, 0.1) is 0 Å². The van der Waals surface area contributed by atoms with E-state index in [9.17, 15) is 0 Å². The van der Waals surface area contributed by atoms with Crippen molar-refractivity contribution in [3.63, 3.8) is 0 Å². The summed E-state index contributed by atoms with van der Waals surface area (Å²) in [5.74, 6) is 0. The minimum Gasteiger partial charge on any atom is -0.0616 e. The van der Waals surface area contributed by atoms with Crippen molar-refractivity contribution in [1.29, 1.82) is 0 Å². The summed E-state index contributed by atoms with van der Waals surface area (Å²) in [5.41, 5.74) is 8.03. The molecular formula is C37H26. The second kappa shape index (κ2) is 7.31. The maximum atomic E-state index is 2.45. The van der Waals surface area contributed by atoms with Crippen molar-refractivity contribution in [2.75, 3.05) is 0 Å². The number of hydrogen-bond acceptors (Lipinski definition) is 0. The van der Waals surface area contributed by atoms with Crippen molar-refractivity contribution in [3.05, 3.63) is 132 Å². The van der Waals surface area contributed by atoms with Crippen LogP contribution in [-0.2, 0) is 5.41 Å². The molecule has 0 N–H and O–H groups in total. The maximum absolute atomic E-state index is 2.45. The molecule has 0 aromatic heterocycles. The molecule has 0 spiro atoms. The Kier molecular flexibility index (Phi) is 4.10. The van der Waals surface area contributed by atoms with Gasteiger partial charge < -0.3 is 0 Å². The summed E-state index contributed by atoms with van der Waals surface area (Å²) in [6.07, 6.45) is 0. The van der Waals surface area contributed by atoms with Crippen LogP contribution in [0.2, 0.25) is 0 Å². The highest BCUT2D eigenvalue weighted by molar-refractivity contribution is 6.15. The van der Waals surface area contributed by atoms with Crippen LogP contribution in [-0.4, -0.2) is 0 Å². The summed E-state index contributed by atoms with van der Waals surface area (Å²) < 4.78 is 0. The Bertz CT molecular complexity index is 2050. The molecule has 0 amide bonds. The Morgan fingerprint density at radius 3 is 2.00 bits per heavy atom. The molecular weight excluding hydrogens is 444 g/mol. The smallest absolute Gasteiger partial charge is 0.0159 e. The lowest BCUT2D eigenvalue weighted by Crippen LogP contribution is -2.23. The Hall–Kier alpha value is -4.42. The number of benzene rings is 7. The van der Waals surface area contributed by atoms with Crippen LogP contribution in [0.25, 0.3) is 65.3 Å². The zero-order chi connectivity index (χ0) is 24.7. The van der Waals surface area contributed by atoms with Crippen molar-refractivity contribution in [2.45, 2.75) is 19.3 Å². The van der Waals surface area contributed by atoms with E-state index < -0.39 is 0 Å². The standard InChI is InChI=1S/C37H26/c1-37(2)34-15-6-11-23-10-5-14-32(36(23)34)31-19-17-27(22-35(31)37)28-12-7-13-29-30(28)18-16-26-20-24-8-3-4-9-25(24)21-33(26)29/h3-22H,1-2H3. The van der Waals surface area contributed by atoms with Gasteiger partial charge >= 0.3 is 0 Å². The molecule has 174 valence electrons. The summed E-state index contributed by atoms with van der Waals surface area (Å²) in [5, 5.41) is 10.5. The fraction of sp³-hybridized carbons (Fsp3) is 0.0811. The molecule has 0 heteroatoms. The molecule has 0 unspecified atom stereocenters. The normalized spacial score (nSPS) is 13.9. The second-order valence-corrected chi connectivity index (χ2v) is 11.0. The zero-order valence-corrected chi connectivity index (χ0v) is 21.0. The van der Waals surface area contributed by atoms with Crippen LogP contribution in [0.1, 0.15) is 25.0 Å². The van der Waals surface area contributed by atoms with E-state index in [0.717, 1.165) is 0 Å². The largest absolute Gasteiger partial charge is 0.0616 e. The van der Waals surface area contributed by atoms with E-state index in [4.69, 9.17) is 0 Å². The third kappa shape index (κ3) is 2.84. The molecule has 0 atom stereocenters. The summed E-state index contributed by atoms with van der Waals surface area (Å²) in [6.45, 7) is 4.75. The lowest BCUT2D eigenvalue weighted by atomic mass is 9.68. The third-order valence-electron chi connectivity index (χ3n) is 8.62. The molecule has 0 heterocycles. The van der Waals surface area contributed by atoms with E-state index in [1.165, 1.54) is 76.5 Å². The van der Waals surface area contributed by atoms with Crippen LogP contribution in [0.15, 0.2) is 121 Å². The molecule has 1 aliphatic carbocycles. The van der Waals surface area contributed by atoms with Crippen LogP contribution in [0.3, 0.4) is 0 Å². The SMILES string of the molecule is CC1(C)c2cc(-c3cccc4c3ccc3cc5ccccc5cc34)ccc2-c2cccc3cccc1c23. The molecule has 7 aromatic rings. The van der Waals surface area contributed by atoms with Gasteiger partial charge in [-0.1, -0.05) is 117 Å². The minimum atomic E-state index is -0.0740. The summed E-state index contributed by atoms with van der Waals surface area (Å²) >= 11 is 0. The molecule has 0 nitrogen and oxygen atoms in total. The maximum Gasteiger partial charge on any atom is 0.0159 e. The van der Waals surface area contributed by atoms with Crippen molar-refractivity contribution < 1.29 is 0 Å². The summed E-state index contributed by atoms with van der Waals surface area (Å²) in [7, 11) is 0. The van der Waals surface area contributed by atoms with Gasteiger partial charge in [-0.3, -0.25) is 0 Å². The van der Waals surface area contributed by atoms with Crippen molar-refractivity contribution in [1.82, 2.24) is 0 Å². The molecule has 0 aliphatic heterocycles. The van der Waals surface area contributed by atoms with Gasteiger partial charge in [-0.25, -0.2) is 0 Å². The van der Waals surface area contributed by atoms with Gasteiger partial charge in [-0.2, -0.15) is 0 Å². The first-order chi connectivity index (χ1) is 18.1. The first kappa shape index (κ1) is 20.7. The summed E-state index contributed by atoms with van der Waals surface area (Å²) in [6, 6.07) is 45.3. The van der Waals surface area contributed by atoms with Crippen molar-refractivity contribution >= 4 is 43.1 Å². The van der Waals surface area contributed by atoms with Gasteiger partial charge in [-0.15, -0.1) is 0 Å². The van der Waals surface area contributed by atoms with E-state index in [1.807, 2.05) is 0 Å². The van der Waals surface area contributed by atoms with Crippen molar-refractivity contribution in [2.24, 2.45) is 0 Å². The van der Waals surface area contributed by atoms with Gasteiger partial charge in [0.15, 0.2) is 0 Å². The van der Waals surface area contributed by atoms with E-state index in [-0.39, 0.29) is 5.41 Å². The average molecular weight is 471 g/mol. The highest BCUT2D eigenvalue weighted by Crippen LogP contribution is 2.49. The Balaban J connectivity index is 1.38. The van der Waals surface area contributed by atoms with E-state index in [0.29, 0.717) is 0 Å². The average Bonchev–Trinajstić information content (AvgIpc) is 2.94. The molecule has 0 fully saturated rings. The Labute approximate surface area is 216 Å². The molecule has 0 saturated carbocycles. The predicted octanol–water partition coefficient (Wildman–Crippen LogP) is 10.3. The highest BCUT2D eigenvalue weighted by Gasteiger charge is 2.33. The van der Waals surface area contributed by atoms with E-state index >= 15 is 0 Å². The number of hydrogen-bond donors (Lipinski definition) is 0. The first-order valence-electron chi connectivity index (χ1n) is 13.1. The van der Waals surface area contributed by atoms with Crippen LogP contribution < -0.4 is 0 Å². The molecule has 37 heavy (non-hydrogen) atoms. The fourth-order valence-corrected chi connectivity index (χ4v) is 6.73. The van der Waals surface area contributed by atoms with Gasteiger partial charge in [0.1, 0.15) is 0 Å². The molecule has 0 bridgehead atoms. The van der Waals surface area contributed by atoms with Gasteiger partial charge in [0.2, 0.25) is 0 Å². The molecule has 8 rings (SSSR count). The zero-order valence-electron chi connectivity index (χ0n) is 21.0. The third-order valence-corrected chi connectivity index (χ3v) is 8.62. The highest BCUT2D eigenvalue weighted by atomic mass is 14.4. The quantitative estimate of drug-likeness (QED) is 0.165. The minimum absolute atomic E-state index is 0.0740. The van der Waals surface area contributed by atoms with Crippen LogP contribution in [0.4, 0.5) is 0 Å². The Morgan fingerprint density at radius 2 is 1.14 bits per heavy atom. The predicted molar refractivity (Wildman–Crippen MR) is 159 cm³/mol. The summed E-state index contributed by atoms with van der Waals surface area (Å²) in [4.78, 5) is 0. The van der Waals surface area contributed by atoms with Gasteiger partial charge in [0, 0.05) is 5.41 Å².